The number of pyridine rings is 1. The number of carbonyl (C=O) groups excluding carboxylic acids is 1. The maximum absolute atomic E-state index is 12.7. The van der Waals surface area contributed by atoms with Crippen molar-refractivity contribution in [1.82, 2.24) is 10.0 Å². The molecule has 2 aromatic carbocycles. The first kappa shape index (κ1) is 18.3. The van der Waals surface area contributed by atoms with Gasteiger partial charge in [-0.15, -0.1) is 0 Å². The van der Waals surface area contributed by atoms with Crippen LogP contribution in [0.3, 0.4) is 0 Å². The molecule has 6 heteroatoms. The standard InChI is InChI=1S/C22H22N2O4/c25-21(23-27)18-6-5-16-9-11-24(22(26)20(16)14-18)10-2-12-28-19-8-7-15-3-1-4-17(15)13-19/h5-9,11,13-14,27H,1-4,10,12H2,(H,23,25). The van der Waals surface area contributed by atoms with E-state index in [1.54, 1.807) is 28.4 Å². The van der Waals surface area contributed by atoms with Crippen LogP contribution in [0.5, 0.6) is 5.75 Å². The number of amides is 1. The second kappa shape index (κ2) is 7.86. The van der Waals surface area contributed by atoms with Crippen molar-refractivity contribution >= 4 is 16.7 Å². The van der Waals surface area contributed by atoms with Gasteiger partial charge in [-0.25, -0.2) is 5.48 Å². The van der Waals surface area contributed by atoms with Crippen LogP contribution in [0.15, 0.2) is 53.5 Å². The van der Waals surface area contributed by atoms with Crippen molar-refractivity contribution in [3.63, 3.8) is 0 Å². The van der Waals surface area contributed by atoms with E-state index < -0.39 is 5.91 Å². The first-order valence-corrected chi connectivity index (χ1v) is 9.48. The van der Waals surface area contributed by atoms with Gasteiger partial charge in [0.1, 0.15) is 5.75 Å². The summed E-state index contributed by atoms with van der Waals surface area (Å²) in [6.07, 6.45) is 5.94. The van der Waals surface area contributed by atoms with Crippen LogP contribution in [0.1, 0.15) is 34.3 Å². The number of aromatic nitrogens is 1. The molecule has 0 atom stereocenters. The molecule has 1 amide bonds. The number of benzene rings is 2. The fourth-order valence-electron chi connectivity index (χ4n) is 3.72. The zero-order valence-corrected chi connectivity index (χ0v) is 15.5. The molecule has 6 nitrogen and oxygen atoms in total. The number of aryl methyl sites for hydroxylation is 3. The molecule has 4 rings (SSSR count). The zero-order valence-electron chi connectivity index (χ0n) is 15.5. The molecule has 3 aromatic rings. The van der Waals surface area contributed by atoms with Gasteiger partial charge in [0.2, 0.25) is 0 Å². The highest BCUT2D eigenvalue weighted by Gasteiger charge is 2.11. The number of hydrogen-bond donors (Lipinski definition) is 2. The molecule has 1 aliphatic rings. The van der Waals surface area contributed by atoms with Crippen LogP contribution < -0.4 is 15.8 Å². The van der Waals surface area contributed by atoms with Gasteiger partial charge in [-0.2, -0.15) is 0 Å². The van der Waals surface area contributed by atoms with Crippen molar-refractivity contribution in [2.45, 2.75) is 32.2 Å². The van der Waals surface area contributed by atoms with Crippen LogP contribution in [0, 0.1) is 0 Å². The van der Waals surface area contributed by atoms with Crippen LogP contribution in [-0.4, -0.2) is 22.3 Å². The van der Waals surface area contributed by atoms with E-state index in [1.165, 1.54) is 23.6 Å². The predicted octanol–water partition coefficient (Wildman–Crippen LogP) is 3.08. The second-order valence-electron chi connectivity index (χ2n) is 7.04. The lowest BCUT2D eigenvalue weighted by atomic mass is 10.1. The number of ether oxygens (including phenoxy) is 1. The Kier molecular flexibility index (Phi) is 5.12. The lowest BCUT2D eigenvalue weighted by Gasteiger charge is -2.10. The minimum absolute atomic E-state index is 0.164. The van der Waals surface area contributed by atoms with Gasteiger partial charge in [-0.3, -0.25) is 14.8 Å². The van der Waals surface area contributed by atoms with E-state index in [1.807, 2.05) is 12.1 Å². The van der Waals surface area contributed by atoms with Crippen LogP contribution in [0.4, 0.5) is 0 Å². The monoisotopic (exact) mass is 378 g/mol. The highest BCUT2D eigenvalue weighted by Crippen LogP contribution is 2.26. The molecular weight excluding hydrogens is 356 g/mol. The van der Waals surface area contributed by atoms with Crippen LogP contribution in [-0.2, 0) is 19.4 Å². The summed E-state index contributed by atoms with van der Waals surface area (Å²) in [5, 5.41) is 9.98. The van der Waals surface area contributed by atoms with Crippen molar-refractivity contribution in [2.24, 2.45) is 0 Å². The van der Waals surface area contributed by atoms with Gasteiger partial charge in [-0.1, -0.05) is 12.1 Å². The molecule has 0 bridgehead atoms. The third-order valence-electron chi connectivity index (χ3n) is 5.22. The third-order valence-corrected chi connectivity index (χ3v) is 5.22. The Balaban J connectivity index is 1.42. The number of rotatable bonds is 6. The van der Waals surface area contributed by atoms with Crippen LogP contribution >= 0.6 is 0 Å². The highest BCUT2D eigenvalue weighted by molar-refractivity contribution is 5.97. The van der Waals surface area contributed by atoms with Gasteiger partial charge in [-0.05, 0) is 72.5 Å². The van der Waals surface area contributed by atoms with Gasteiger partial charge in [0, 0.05) is 23.7 Å². The number of hydrogen-bond acceptors (Lipinski definition) is 4. The summed E-state index contributed by atoms with van der Waals surface area (Å²) >= 11 is 0. The van der Waals surface area contributed by atoms with Crippen molar-refractivity contribution in [2.75, 3.05) is 6.61 Å². The predicted molar refractivity (Wildman–Crippen MR) is 106 cm³/mol. The van der Waals surface area contributed by atoms with Gasteiger partial charge >= 0.3 is 0 Å². The Morgan fingerprint density at radius 1 is 1.11 bits per heavy atom. The van der Waals surface area contributed by atoms with Crippen molar-refractivity contribution in [3.05, 3.63) is 75.7 Å². The lowest BCUT2D eigenvalue weighted by Crippen LogP contribution is -2.22. The summed E-state index contributed by atoms with van der Waals surface area (Å²) in [6, 6.07) is 12.9. The minimum Gasteiger partial charge on any atom is -0.494 e. The average molecular weight is 378 g/mol. The normalized spacial score (nSPS) is 12.8. The first-order chi connectivity index (χ1) is 13.7. The van der Waals surface area contributed by atoms with Gasteiger partial charge in [0.05, 0.1) is 6.61 Å². The number of hydroxylamine groups is 1. The smallest absolute Gasteiger partial charge is 0.274 e. The van der Waals surface area contributed by atoms with E-state index in [4.69, 9.17) is 9.94 Å². The van der Waals surface area contributed by atoms with Crippen LogP contribution in [0.25, 0.3) is 10.8 Å². The molecule has 0 radical (unpaired) electrons. The highest BCUT2D eigenvalue weighted by atomic mass is 16.5. The van der Waals surface area contributed by atoms with E-state index in [2.05, 4.69) is 12.1 Å². The van der Waals surface area contributed by atoms with Gasteiger partial charge < -0.3 is 9.30 Å². The number of nitrogens with zero attached hydrogens (tertiary/aromatic N) is 1. The fourth-order valence-corrected chi connectivity index (χ4v) is 3.72. The topological polar surface area (TPSA) is 80.6 Å². The van der Waals surface area contributed by atoms with E-state index in [-0.39, 0.29) is 11.1 Å². The molecule has 0 saturated carbocycles. The Morgan fingerprint density at radius 2 is 1.96 bits per heavy atom. The Hall–Kier alpha value is -3.12. The van der Waals surface area contributed by atoms with E-state index in [0.717, 1.165) is 24.0 Å². The summed E-state index contributed by atoms with van der Waals surface area (Å²) in [4.78, 5) is 24.3. The second-order valence-corrected chi connectivity index (χ2v) is 7.04. The van der Waals surface area contributed by atoms with E-state index >= 15 is 0 Å². The molecule has 1 heterocycles. The summed E-state index contributed by atoms with van der Waals surface area (Å²) in [5.74, 6) is 0.241. The van der Waals surface area contributed by atoms with Crippen molar-refractivity contribution in [3.8, 4) is 5.75 Å². The molecule has 2 N–H and O–H groups in total. The molecular formula is C22H22N2O4. The lowest BCUT2D eigenvalue weighted by molar-refractivity contribution is 0.0706. The third kappa shape index (κ3) is 3.64. The molecule has 1 aliphatic carbocycles. The maximum atomic E-state index is 12.7. The molecule has 0 fully saturated rings. The van der Waals surface area contributed by atoms with Crippen LogP contribution in [0.2, 0.25) is 0 Å². The van der Waals surface area contributed by atoms with Gasteiger partial charge in [0.15, 0.2) is 0 Å². The zero-order chi connectivity index (χ0) is 19.5. The number of nitrogens with one attached hydrogen (secondary N) is 1. The molecule has 0 aliphatic heterocycles. The molecule has 0 saturated heterocycles. The maximum Gasteiger partial charge on any atom is 0.274 e. The summed E-state index contributed by atoms with van der Waals surface area (Å²) in [6.45, 7) is 1.05. The first-order valence-electron chi connectivity index (χ1n) is 9.48. The average Bonchev–Trinajstić information content (AvgIpc) is 3.19. The molecule has 0 spiro atoms. The SMILES string of the molecule is O=C(NO)c1ccc2ccn(CCCOc3ccc4c(c3)CCC4)c(=O)c2c1. The molecule has 0 unspecified atom stereocenters. The quantitative estimate of drug-likeness (QED) is 0.392. The molecule has 144 valence electrons. The van der Waals surface area contributed by atoms with Crippen molar-refractivity contribution < 1.29 is 14.7 Å². The van der Waals surface area contributed by atoms with E-state index in [0.29, 0.717) is 25.0 Å². The largest absolute Gasteiger partial charge is 0.494 e. The van der Waals surface area contributed by atoms with Crippen molar-refractivity contribution in [1.29, 1.82) is 0 Å². The number of fused-ring (bicyclic) bond motifs is 2. The summed E-state index contributed by atoms with van der Waals surface area (Å²) < 4.78 is 7.47. The van der Waals surface area contributed by atoms with E-state index in [9.17, 15) is 9.59 Å². The molecule has 1 aromatic heterocycles. The Labute approximate surface area is 162 Å². The summed E-state index contributed by atoms with van der Waals surface area (Å²) in [7, 11) is 0. The number of carbonyl (C=O) groups is 1. The minimum atomic E-state index is -0.639. The Bertz CT molecular complexity index is 1090. The molecule has 28 heavy (non-hydrogen) atoms. The fraction of sp³-hybridized carbons (Fsp3) is 0.273. The Morgan fingerprint density at radius 3 is 2.82 bits per heavy atom. The summed E-state index contributed by atoms with van der Waals surface area (Å²) in [5.41, 5.74) is 4.47. The van der Waals surface area contributed by atoms with Gasteiger partial charge in [0.25, 0.3) is 11.5 Å².